The number of methoxy groups -OCH3 is 1. The molecule has 0 bridgehead atoms. The first-order chi connectivity index (χ1) is 15.8. The van der Waals surface area contributed by atoms with Crippen molar-refractivity contribution >= 4 is 22.9 Å². The summed E-state index contributed by atoms with van der Waals surface area (Å²) in [5, 5.41) is 9.99. The summed E-state index contributed by atoms with van der Waals surface area (Å²) in [6.07, 6.45) is 2.42. The Bertz CT molecular complexity index is 925. The Morgan fingerprint density at radius 3 is 2.12 bits per heavy atom. The Morgan fingerprint density at radius 1 is 1.12 bits per heavy atom. The highest BCUT2D eigenvalue weighted by Crippen LogP contribution is 2.31. The molecule has 33 heavy (non-hydrogen) atoms. The van der Waals surface area contributed by atoms with Crippen molar-refractivity contribution in [3.8, 4) is 16.9 Å². The van der Waals surface area contributed by atoms with Gasteiger partial charge in [-0.3, -0.25) is 8.51 Å². The van der Waals surface area contributed by atoms with Crippen LogP contribution in [0.4, 0.5) is 5.69 Å². The molecule has 1 aliphatic heterocycles. The van der Waals surface area contributed by atoms with Gasteiger partial charge >= 0.3 is 5.97 Å². The third-order valence-corrected chi connectivity index (χ3v) is 7.07. The fraction of sp³-hybridized carbons (Fsp3) is 0.480. The van der Waals surface area contributed by atoms with Crippen LogP contribution in [0.25, 0.3) is 11.1 Å². The molecule has 0 aromatic heterocycles. The molecule has 180 valence electrons. The lowest BCUT2D eigenvalue weighted by Gasteiger charge is -2.40. The lowest BCUT2D eigenvalue weighted by atomic mass is 9.88. The van der Waals surface area contributed by atoms with Crippen LogP contribution in [-0.4, -0.2) is 57.5 Å². The lowest BCUT2D eigenvalue weighted by molar-refractivity contribution is -0.140. The highest BCUT2D eigenvalue weighted by atomic mass is 32.2. The number of rotatable bonds is 10. The van der Waals surface area contributed by atoms with Crippen LogP contribution in [0.5, 0.6) is 5.75 Å². The van der Waals surface area contributed by atoms with E-state index in [0.29, 0.717) is 24.4 Å². The molecule has 1 aliphatic rings. The summed E-state index contributed by atoms with van der Waals surface area (Å²) in [5.74, 6) is 0.0210. The Hall–Kier alpha value is -2.42. The van der Waals surface area contributed by atoms with Crippen LogP contribution >= 0.6 is 0 Å². The van der Waals surface area contributed by atoms with E-state index in [1.54, 1.807) is 19.2 Å². The van der Waals surface area contributed by atoms with Crippen molar-refractivity contribution in [1.82, 2.24) is 4.90 Å². The molecule has 1 saturated heterocycles. The number of carbonyl (C=O) groups is 1. The van der Waals surface area contributed by atoms with Crippen LogP contribution in [0.15, 0.2) is 48.5 Å². The van der Waals surface area contributed by atoms with Crippen molar-refractivity contribution in [1.29, 1.82) is 0 Å². The molecule has 2 aromatic rings. The molecule has 0 spiro atoms. The molecule has 8 heteroatoms. The zero-order valence-electron chi connectivity index (χ0n) is 19.5. The second-order valence-electron chi connectivity index (χ2n) is 8.96. The Balaban J connectivity index is 1.76. The van der Waals surface area contributed by atoms with E-state index < -0.39 is 23.3 Å². The number of anilines is 1. The maximum atomic E-state index is 12.2. The lowest BCUT2D eigenvalue weighted by Crippen LogP contribution is -2.50. The normalized spacial score (nSPS) is 17.0. The molecule has 1 fully saturated rings. The fourth-order valence-electron chi connectivity index (χ4n) is 4.35. The number of aliphatic carboxylic acids is 1. The number of benzene rings is 2. The fourth-order valence-corrected chi connectivity index (χ4v) is 5.09. The monoisotopic (exact) mass is 473 g/mol. The quantitative estimate of drug-likeness (QED) is 0.521. The van der Waals surface area contributed by atoms with E-state index in [1.165, 1.54) is 0 Å². The van der Waals surface area contributed by atoms with Gasteiger partial charge in [0.15, 0.2) is 0 Å². The van der Waals surface area contributed by atoms with Crippen molar-refractivity contribution in [3.05, 3.63) is 48.5 Å². The number of hydrogen-bond donors (Lipinski definition) is 1. The largest absolute Gasteiger partial charge is 0.755 e. The van der Waals surface area contributed by atoms with E-state index in [2.05, 4.69) is 18.7 Å². The second-order valence-corrected chi connectivity index (χ2v) is 9.79. The average molecular weight is 474 g/mol. The van der Waals surface area contributed by atoms with Gasteiger partial charge in [0, 0.05) is 17.0 Å². The van der Waals surface area contributed by atoms with E-state index in [-0.39, 0.29) is 5.92 Å². The third-order valence-electron chi connectivity index (χ3n) is 6.31. The first kappa shape index (κ1) is 25.2. The summed E-state index contributed by atoms with van der Waals surface area (Å²) in [7, 11) is 1.61. The molecule has 1 N–H and O–H groups in total. The predicted octanol–water partition coefficient (Wildman–Crippen LogP) is 4.17. The maximum Gasteiger partial charge on any atom is 0.327 e. The molecule has 0 amide bonds. The third kappa shape index (κ3) is 6.56. The number of piperidine rings is 1. The molecule has 7 nitrogen and oxygen atoms in total. The van der Waals surface area contributed by atoms with Crippen LogP contribution in [0.3, 0.4) is 0 Å². The van der Waals surface area contributed by atoms with Gasteiger partial charge in [0.05, 0.1) is 7.11 Å². The van der Waals surface area contributed by atoms with Gasteiger partial charge in [-0.2, -0.15) is 0 Å². The summed E-state index contributed by atoms with van der Waals surface area (Å²) in [6.45, 7) is 6.95. The number of nitrogens with zero attached hydrogens (tertiary/aromatic N) is 2. The van der Waals surface area contributed by atoms with E-state index in [0.717, 1.165) is 47.2 Å². The summed E-state index contributed by atoms with van der Waals surface area (Å²) < 4.78 is 30.6. The van der Waals surface area contributed by atoms with Crippen molar-refractivity contribution < 1.29 is 23.4 Å². The van der Waals surface area contributed by atoms with E-state index >= 15 is 0 Å². The van der Waals surface area contributed by atoms with Crippen molar-refractivity contribution in [2.24, 2.45) is 11.8 Å². The smallest absolute Gasteiger partial charge is 0.327 e. The van der Waals surface area contributed by atoms with Gasteiger partial charge in [-0.15, -0.1) is 0 Å². The zero-order valence-corrected chi connectivity index (χ0v) is 20.3. The predicted molar refractivity (Wildman–Crippen MR) is 130 cm³/mol. The van der Waals surface area contributed by atoms with Gasteiger partial charge in [0.1, 0.15) is 11.8 Å². The molecule has 0 radical (unpaired) electrons. The van der Waals surface area contributed by atoms with Gasteiger partial charge < -0.3 is 19.3 Å². The molecule has 3 rings (SSSR count). The highest BCUT2D eigenvalue weighted by molar-refractivity contribution is 7.80. The summed E-state index contributed by atoms with van der Waals surface area (Å²) in [4.78, 5) is 14.6. The first-order valence-corrected chi connectivity index (χ1v) is 12.4. The van der Waals surface area contributed by atoms with Crippen LogP contribution < -0.4 is 9.04 Å². The van der Waals surface area contributed by atoms with Gasteiger partial charge in [-0.1, -0.05) is 38.1 Å². The Morgan fingerprint density at radius 2 is 1.67 bits per heavy atom. The van der Waals surface area contributed by atoms with Gasteiger partial charge in [0.2, 0.25) is 0 Å². The van der Waals surface area contributed by atoms with Crippen LogP contribution in [-0.2, 0) is 16.1 Å². The van der Waals surface area contributed by atoms with Gasteiger partial charge in [0.25, 0.3) is 0 Å². The molecule has 1 heterocycles. The minimum atomic E-state index is -2.71. The first-order valence-electron chi connectivity index (χ1n) is 11.4. The second kappa shape index (κ2) is 11.6. The van der Waals surface area contributed by atoms with Gasteiger partial charge in [-0.05, 0) is 86.1 Å². The van der Waals surface area contributed by atoms with E-state index in [4.69, 9.17) is 4.74 Å². The summed E-state index contributed by atoms with van der Waals surface area (Å²) in [5.41, 5.74) is 2.22. The molecule has 2 atom stereocenters. The zero-order chi connectivity index (χ0) is 24.0. The number of carboxylic acids is 1. The molecule has 0 saturated carbocycles. The van der Waals surface area contributed by atoms with Crippen molar-refractivity contribution in [2.75, 3.05) is 31.0 Å². The van der Waals surface area contributed by atoms with Crippen molar-refractivity contribution in [2.45, 2.75) is 39.2 Å². The maximum absolute atomic E-state index is 12.2. The number of carboxylic acid groups (broad SMARTS) is 1. The number of likely N-dealkylation sites (tertiary alicyclic amines) is 1. The van der Waals surface area contributed by atoms with Crippen LogP contribution in [0, 0.1) is 11.8 Å². The standard InChI is InChI=1S/C25H34N2O5S/c1-18(2)12-15-26-16-13-21(14-17-26)24(25(28)29)27(33(30)31)22-8-4-19(5-9-22)20-6-10-23(32-3)11-7-20/h4-11,18,21,24H,12-17H2,1-3H3,(H,28,29)(H,30,31)/p-1. The molecule has 0 aliphatic carbocycles. The Kier molecular flexibility index (Phi) is 8.88. The Labute approximate surface area is 198 Å². The SMILES string of the molecule is COc1ccc(-c2ccc(N(C(C(=O)O)C3CCN(CCC(C)C)CC3)S(=O)[O-])cc2)cc1. The minimum absolute atomic E-state index is 0.239. The van der Waals surface area contributed by atoms with E-state index in [1.807, 2.05) is 36.4 Å². The highest BCUT2D eigenvalue weighted by Gasteiger charge is 2.37. The topological polar surface area (TPSA) is 93.1 Å². The molecular weight excluding hydrogens is 440 g/mol. The van der Waals surface area contributed by atoms with E-state index in [9.17, 15) is 18.7 Å². The van der Waals surface area contributed by atoms with Gasteiger partial charge in [-0.25, -0.2) is 4.79 Å². The van der Waals surface area contributed by atoms with Crippen LogP contribution in [0.1, 0.15) is 33.1 Å². The molecule has 2 unspecified atom stereocenters. The minimum Gasteiger partial charge on any atom is -0.755 e. The average Bonchev–Trinajstić information content (AvgIpc) is 2.81. The summed E-state index contributed by atoms with van der Waals surface area (Å²) in [6, 6.07) is 13.4. The number of ether oxygens (including phenoxy) is 1. The molecule has 2 aromatic carbocycles. The summed E-state index contributed by atoms with van der Waals surface area (Å²) >= 11 is -2.71. The van der Waals surface area contributed by atoms with Crippen LogP contribution in [0.2, 0.25) is 0 Å². The van der Waals surface area contributed by atoms with Crippen molar-refractivity contribution in [3.63, 3.8) is 0 Å². The molecular formula is C25H33N2O5S-. The number of hydrogen-bond acceptors (Lipinski definition) is 5.